The minimum Gasteiger partial charge on any atom is -0.495 e. The van der Waals surface area contributed by atoms with Crippen LogP contribution in [-0.4, -0.2) is 19.1 Å². The quantitative estimate of drug-likeness (QED) is 0.806. The summed E-state index contributed by atoms with van der Waals surface area (Å²) < 4.78 is 5.16. The molecule has 15 heavy (non-hydrogen) atoms. The van der Waals surface area contributed by atoms with E-state index >= 15 is 0 Å². The second-order valence-corrected chi connectivity index (χ2v) is 4.13. The summed E-state index contributed by atoms with van der Waals surface area (Å²) in [5, 5.41) is 3.31. The number of rotatable bonds is 5. The number of nitrogens with zero attached hydrogens (tertiary/aromatic N) is 1. The molecule has 0 amide bonds. The number of pyridine rings is 1. The standard InChI is InChI=1S/C12H20N2O/c1-9(2)5-12(13-3)10-6-11(15-4)8-14-7-10/h6-9,12-13H,5H2,1-4H3. The van der Waals surface area contributed by atoms with Crippen molar-refractivity contribution in [1.29, 1.82) is 0 Å². The molecule has 0 fully saturated rings. The zero-order chi connectivity index (χ0) is 11.3. The van der Waals surface area contributed by atoms with Crippen molar-refractivity contribution in [3.8, 4) is 5.75 Å². The zero-order valence-corrected chi connectivity index (χ0v) is 9.95. The van der Waals surface area contributed by atoms with Gasteiger partial charge in [-0.05, 0) is 31.0 Å². The molecule has 3 heteroatoms. The molecule has 0 aliphatic heterocycles. The Balaban J connectivity index is 2.81. The summed E-state index contributed by atoms with van der Waals surface area (Å²) in [4.78, 5) is 4.17. The normalized spacial score (nSPS) is 12.9. The fourth-order valence-corrected chi connectivity index (χ4v) is 1.63. The molecule has 1 N–H and O–H groups in total. The van der Waals surface area contributed by atoms with Crippen LogP contribution in [0.15, 0.2) is 18.5 Å². The highest BCUT2D eigenvalue weighted by molar-refractivity contribution is 5.25. The van der Waals surface area contributed by atoms with Crippen molar-refractivity contribution >= 4 is 0 Å². The molecule has 0 saturated heterocycles. The average molecular weight is 208 g/mol. The number of aromatic nitrogens is 1. The maximum Gasteiger partial charge on any atom is 0.137 e. The van der Waals surface area contributed by atoms with E-state index in [0.29, 0.717) is 12.0 Å². The Morgan fingerprint density at radius 1 is 1.40 bits per heavy atom. The van der Waals surface area contributed by atoms with Gasteiger partial charge in [-0.3, -0.25) is 4.98 Å². The van der Waals surface area contributed by atoms with Gasteiger partial charge >= 0.3 is 0 Å². The highest BCUT2D eigenvalue weighted by Gasteiger charge is 2.11. The molecular weight excluding hydrogens is 188 g/mol. The first-order valence-electron chi connectivity index (χ1n) is 5.33. The molecule has 3 nitrogen and oxygen atoms in total. The van der Waals surface area contributed by atoms with Crippen LogP contribution in [0.1, 0.15) is 31.9 Å². The molecule has 1 aromatic rings. The van der Waals surface area contributed by atoms with Crippen LogP contribution < -0.4 is 10.1 Å². The van der Waals surface area contributed by atoms with E-state index in [-0.39, 0.29) is 0 Å². The van der Waals surface area contributed by atoms with Crippen molar-refractivity contribution < 1.29 is 4.74 Å². The maximum atomic E-state index is 5.16. The van der Waals surface area contributed by atoms with Gasteiger partial charge in [0.15, 0.2) is 0 Å². The van der Waals surface area contributed by atoms with Crippen molar-refractivity contribution in [3.05, 3.63) is 24.0 Å². The number of hydrogen-bond acceptors (Lipinski definition) is 3. The van der Waals surface area contributed by atoms with Crippen LogP contribution in [0.4, 0.5) is 0 Å². The molecule has 0 aliphatic carbocycles. The van der Waals surface area contributed by atoms with Gasteiger partial charge < -0.3 is 10.1 Å². The summed E-state index contributed by atoms with van der Waals surface area (Å²) in [5.41, 5.74) is 1.19. The highest BCUT2D eigenvalue weighted by Crippen LogP contribution is 2.22. The lowest BCUT2D eigenvalue weighted by Crippen LogP contribution is -2.18. The molecule has 84 valence electrons. The highest BCUT2D eigenvalue weighted by atomic mass is 16.5. The molecule has 0 saturated carbocycles. The third-order valence-electron chi connectivity index (χ3n) is 2.43. The smallest absolute Gasteiger partial charge is 0.137 e. The summed E-state index contributed by atoms with van der Waals surface area (Å²) in [6, 6.07) is 2.39. The largest absolute Gasteiger partial charge is 0.495 e. The molecule has 1 heterocycles. The predicted octanol–water partition coefficient (Wildman–Crippen LogP) is 2.40. The van der Waals surface area contributed by atoms with E-state index in [9.17, 15) is 0 Å². The minimum absolute atomic E-state index is 0.354. The fraction of sp³-hybridized carbons (Fsp3) is 0.583. The first-order chi connectivity index (χ1) is 7.17. The first-order valence-corrected chi connectivity index (χ1v) is 5.33. The van der Waals surface area contributed by atoms with E-state index in [1.54, 1.807) is 13.3 Å². The van der Waals surface area contributed by atoms with E-state index in [1.165, 1.54) is 5.56 Å². The Labute approximate surface area is 91.9 Å². The lowest BCUT2D eigenvalue weighted by Gasteiger charge is -2.18. The van der Waals surface area contributed by atoms with Crippen LogP contribution in [-0.2, 0) is 0 Å². The molecule has 0 spiro atoms. The van der Waals surface area contributed by atoms with Gasteiger partial charge in [0.1, 0.15) is 5.75 Å². The zero-order valence-electron chi connectivity index (χ0n) is 9.95. The third-order valence-corrected chi connectivity index (χ3v) is 2.43. The van der Waals surface area contributed by atoms with Crippen LogP contribution in [0, 0.1) is 5.92 Å². The number of nitrogens with one attached hydrogen (secondary N) is 1. The van der Waals surface area contributed by atoms with Gasteiger partial charge in [-0.1, -0.05) is 13.8 Å². The number of methoxy groups -OCH3 is 1. The maximum absolute atomic E-state index is 5.16. The molecule has 1 aromatic heterocycles. The Kier molecular flexibility index (Phi) is 4.56. The van der Waals surface area contributed by atoms with E-state index < -0.39 is 0 Å². The van der Waals surface area contributed by atoms with Gasteiger partial charge in [-0.15, -0.1) is 0 Å². The number of hydrogen-bond donors (Lipinski definition) is 1. The molecule has 0 aliphatic rings. The monoisotopic (exact) mass is 208 g/mol. The Bertz CT molecular complexity index is 299. The molecule has 0 radical (unpaired) electrons. The minimum atomic E-state index is 0.354. The van der Waals surface area contributed by atoms with Gasteiger partial charge in [0.05, 0.1) is 13.3 Å². The van der Waals surface area contributed by atoms with Gasteiger partial charge in [0.2, 0.25) is 0 Å². The fourth-order valence-electron chi connectivity index (χ4n) is 1.63. The summed E-state index contributed by atoms with van der Waals surface area (Å²) in [6.45, 7) is 4.44. The Morgan fingerprint density at radius 2 is 2.13 bits per heavy atom. The molecule has 0 aromatic carbocycles. The van der Waals surface area contributed by atoms with Crippen molar-refractivity contribution in [2.24, 2.45) is 5.92 Å². The van der Waals surface area contributed by atoms with E-state index in [1.807, 2.05) is 19.3 Å². The Hall–Kier alpha value is -1.09. The van der Waals surface area contributed by atoms with Crippen molar-refractivity contribution in [2.45, 2.75) is 26.3 Å². The van der Waals surface area contributed by atoms with Gasteiger partial charge in [0.25, 0.3) is 0 Å². The van der Waals surface area contributed by atoms with Crippen LogP contribution in [0.3, 0.4) is 0 Å². The lowest BCUT2D eigenvalue weighted by atomic mass is 9.98. The van der Waals surface area contributed by atoms with Gasteiger partial charge in [-0.25, -0.2) is 0 Å². The van der Waals surface area contributed by atoms with Crippen molar-refractivity contribution in [1.82, 2.24) is 10.3 Å². The molecular formula is C12H20N2O. The van der Waals surface area contributed by atoms with Crippen LogP contribution >= 0.6 is 0 Å². The molecule has 0 bridgehead atoms. The predicted molar refractivity (Wildman–Crippen MR) is 62.0 cm³/mol. The Morgan fingerprint density at radius 3 is 2.67 bits per heavy atom. The van der Waals surface area contributed by atoms with Crippen LogP contribution in [0.2, 0.25) is 0 Å². The molecule has 1 rings (SSSR count). The molecule has 1 atom stereocenters. The topological polar surface area (TPSA) is 34.2 Å². The first kappa shape index (κ1) is 12.0. The summed E-state index contributed by atoms with van der Waals surface area (Å²) in [6.07, 6.45) is 4.73. The van der Waals surface area contributed by atoms with E-state index in [4.69, 9.17) is 4.74 Å². The van der Waals surface area contributed by atoms with Crippen LogP contribution in [0.25, 0.3) is 0 Å². The lowest BCUT2D eigenvalue weighted by molar-refractivity contribution is 0.408. The third kappa shape index (κ3) is 3.51. The second kappa shape index (κ2) is 5.71. The summed E-state index contributed by atoms with van der Waals surface area (Å²) in [7, 11) is 3.64. The SMILES string of the molecule is CNC(CC(C)C)c1cncc(OC)c1. The van der Waals surface area contributed by atoms with E-state index in [0.717, 1.165) is 12.2 Å². The van der Waals surface area contributed by atoms with Crippen LogP contribution in [0.5, 0.6) is 5.75 Å². The van der Waals surface area contributed by atoms with Crippen molar-refractivity contribution in [2.75, 3.05) is 14.2 Å². The van der Waals surface area contributed by atoms with Gasteiger partial charge in [0, 0.05) is 12.2 Å². The summed E-state index contributed by atoms with van der Waals surface area (Å²) in [5.74, 6) is 1.48. The summed E-state index contributed by atoms with van der Waals surface area (Å²) >= 11 is 0. The van der Waals surface area contributed by atoms with Crippen molar-refractivity contribution in [3.63, 3.8) is 0 Å². The average Bonchev–Trinajstić information content (AvgIpc) is 2.25. The second-order valence-electron chi connectivity index (χ2n) is 4.13. The van der Waals surface area contributed by atoms with Gasteiger partial charge in [-0.2, -0.15) is 0 Å². The number of ether oxygens (including phenoxy) is 1. The molecule has 1 unspecified atom stereocenters. The van der Waals surface area contributed by atoms with E-state index in [2.05, 4.69) is 24.1 Å².